The second kappa shape index (κ2) is 10.7. The third-order valence-electron chi connectivity index (χ3n) is 6.44. The van der Waals surface area contributed by atoms with Crippen molar-refractivity contribution in [3.63, 3.8) is 0 Å². The number of rotatable bonds is 8. The second-order valence-corrected chi connectivity index (χ2v) is 9.57. The number of carbonyl (C=O) groups is 1. The highest BCUT2D eigenvalue weighted by atomic mass is 35.5. The average molecular weight is 522 g/mol. The number of hydrogen-bond acceptors (Lipinski definition) is 7. The van der Waals surface area contributed by atoms with Crippen molar-refractivity contribution in [2.75, 3.05) is 0 Å². The van der Waals surface area contributed by atoms with Crippen LogP contribution in [0.15, 0.2) is 48.7 Å². The predicted octanol–water partition coefficient (Wildman–Crippen LogP) is 5.15. The number of carboxylic acid groups (broad SMARTS) is 1. The van der Waals surface area contributed by atoms with Crippen LogP contribution in [0.5, 0.6) is 5.88 Å². The smallest absolute Gasteiger partial charge is 0.354 e. The molecule has 1 aromatic carbocycles. The van der Waals surface area contributed by atoms with Gasteiger partial charge in [-0.1, -0.05) is 36.0 Å². The maximum atomic E-state index is 11.3. The number of halogens is 1. The van der Waals surface area contributed by atoms with Gasteiger partial charge in [0.25, 0.3) is 0 Å². The summed E-state index contributed by atoms with van der Waals surface area (Å²) >= 11 is 11.2. The highest BCUT2D eigenvalue weighted by Gasteiger charge is 2.25. The summed E-state index contributed by atoms with van der Waals surface area (Å²) in [5.41, 5.74) is 3.68. The van der Waals surface area contributed by atoms with Crippen LogP contribution in [0.25, 0.3) is 11.2 Å². The Morgan fingerprint density at radius 2 is 1.86 bits per heavy atom. The van der Waals surface area contributed by atoms with E-state index in [9.17, 15) is 9.90 Å². The van der Waals surface area contributed by atoms with Gasteiger partial charge in [-0.2, -0.15) is 4.98 Å². The Kier molecular flexibility index (Phi) is 7.20. The van der Waals surface area contributed by atoms with E-state index in [1.165, 1.54) is 11.6 Å². The van der Waals surface area contributed by atoms with Crippen molar-refractivity contribution in [3.05, 3.63) is 76.6 Å². The monoisotopic (exact) mass is 521 g/mol. The molecule has 1 saturated carbocycles. The van der Waals surface area contributed by atoms with Crippen molar-refractivity contribution in [1.82, 2.24) is 24.5 Å². The quantitative estimate of drug-likeness (QED) is 0.317. The summed E-state index contributed by atoms with van der Waals surface area (Å²) < 4.78 is 7.92. The minimum absolute atomic E-state index is 0.0225. The van der Waals surface area contributed by atoms with Gasteiger partial charge in [0.15, 0.2) is 11.3 Å². The fraction of sp³-hybridized carbons (Fsp3) is 0.308. The largest absolute Gasteiger partial charge is 0.477 e. The van der Waals surface area contributed by atoms with Gasteiger partial charge in [0.1, 0.15) is 23.3 Å². The molecule has 0 aliphatic heterocycles. The molecule has 1 aliphatic rings. The first kappa shape index (κ1) is 24.3. The molecule has 0 radical (unpaired) electrons. The van der Waals surface area contributed by atoms with E-state index in [-0.39, 0.29) is 11.8 Å². The van der Waals surface area contributed by atoms with Gasteiger partial charge in [-0.25, -0.2) is 19.7 Å². The molecule has 5 rings (SSSR count). The number of benzene rings is 1. The van der Waals surface area contributed by atoms with E-state index in [2.05, 4.69) is 19.9 Å². The normalized spacial score (nSPS) is 17.7. The van der Waals surface area contributed by atoms with Crippen LogP contribution in [0.4, 0.5) is 0 Å². The Hall–Kier alpha value is -3.43. The third-order valence-corrected chi connectivity index (χ3v) is 6.91. The summed E-state index contributed by atoms with van der Waals surface area (Å²) in [7, 11) is 0. The molecule has 0 atom stereocenters. The molecule has 3 heterocycles. The van der Waals surface area contributed by atoms with Crippen LogP contribution >= 0.6 is 23.8 Å². The molecule has 0 spiro atoms. The second-order valence-electron chi connectivity index (χ2n) is 8.93. The van der Waals surface area contributed by atoms with Crippen LogP contribution in [-0.4, -0.2) is 47.2 Å². The molecule has 10 heteroatoms. The van der Waals surface area contributed by atoms with Crippen molar-refractivity contribution in [1.29, 1.82) is 0 Å². The van der Waals surface area contributed by atoms with Crippen LogP contribution in [0.2, 0.25) is 5.02 Å². The topological polar surface area (TPSA) is 103 Å². The standard InChI is InChI=1S/C26H24ClN5O3S/c27-18-5-1-16(2-6-18)13-22-28-12-11-24(31-22)35-19-7-3-17(4-8-19)14-23-29-20-9-10-21(26(33)34)30-25(20)32(23)15-36/h1-2,5-6,9-12,15,17,19H,3-4,7-8,13-14H2,(H,33,34). The number of aromatic carboxylic acids is 1. The van der Waals surface area contributed by atoms with Crippen LogP contribution < -0.4 is 4.74 Å². The van der Waals surface area contributed by atoms with Gasteiger partial charge in [-0.05, 0) is 61.4 Å². The lowest BCUT2D eigenvalue weighted by Crippen LogP contribution is -2.26. The molecule has 0 unspecified atom stereocenters. The first-order chi connectivity index (χ1) is 17.5. The van der Waals surface area contributed by atoms with Crippen molar-refractivity contribution in [2.45, 2.75) is 44.6 Å². The molecule has 1 aliphatic carbocycles. The van der Waals surface area contributed by atoms with Crippen molar-refractivity contribution in [3.8, 4) is 5.88 Å². The number of aromatic nitrogens is 5. The number of thiocarbonyl (C=S) groups is 1. The Morgan fingerprint density at radius 1 is 1.08 bits per heavy atom. The molecule has 0 bridgehead atoms. The van der Waals surface area contributed by atoms with Gasteiger partial charge in [0.05, 0.1) is 5.49 Å². The van der Waals surface area contributed by atoms with E-state index >= 15 is 0 Å². The fourth-order valence-corrected chi connectivity index (χ4v) is 4.94. The Balaban J connectivity index is 1.19. The molecule has 36 heavy (non-hydrogen) atoms. The predicted molar refractivity (Wildman–Crippen MR) is 140 cm³/mol. The minimum atomic E-state index is -1.07. The summed E-state index contributed by atoms with van der Waals surface area (Å²) in [4.78, 5) is 29.1. The third kappa shape index (κ3) is 5.52. The molecular formula is C26H24ClN5O3S. The lowest BCUT2D eigenvalue weighted by atomic mass is 9.85. The van der Waals surface area contributed by atoms with E-state index in [0.717, 1.165) is 43.5 Å². The number of fused-ring (bicyclic) bond motifs is 1. The lowest BCUT2D eigenvalue weighted by molar-refractivity contribution is 0.0691. The fourth-order valence-electron chi connectivity index (χ4n) is 4.59. The lowest BCUT2D eigenvalue weighted by Gasteiger charge is -2.28. The van der Waals surface area contributed by atoms with Gasteiger partial charge in [-0.15, -0.1) is 0 Å². The number of carboxylic acids is 1. The summed E-state index contributed by atoms with van der Waals surface area (Å²) in [6, 6.07) is 12.6. The highest BCUT2D eigenvalue weighted by Crippen LogP contribution is 2.30. The van der Waals surface area contributed by atoms with Gasteiger partial charge in [0.2, 0.25) is 5.88 Å². The number of nitrogens with zero attached hydrogens (tertiary/aromatic N) is 5. The van der Waals surface area contributed by atoms with E-state index in [0.29, 0.717) is 40.2 Å². The van der Waals surface area contributed by atoms with Gasteiger partial charge < -0.3 is 9.84 Å². The van der Waals surface area contributed by atoms with Crippen LogP contribution in [0.1, 0.15) is 53.4 Å². The summed E-state index contributed by atoms with van der Waals surface area (Å²) in [5.74, 6) is 1.47. The van der Waals surface area contributed by atoms with Crippen LogP contribution in [-0.2, 0) is 12.8 Å². The number of ether oxygens (including phenoxy) is 1. The zero-order valence-corrected chi connectivity index (χ0v) is 21.0. The van der Waals surface area contributed by atoms with Crippen molar-refractivity contribution < 1.29 is 14.6 Å². The molecule has 1 fully saturated rings. The molecule has 1 N–H and O–H groups in total. The zero-order chi connectivity index (χ0) is 25.1. The number of hydrogen-bond donors (Lipinski definition) is 1. The van der Waals surface area contributed by atoms with Gasteiger partial charge in [-0.3, -0.25) is 4.57 Å². The van der Waals surface area contributed by atoms with Crippen molar-refractivity contribution >= 4 is 46.4 Å². The first-order valence-corrected chi connectivity index (χ1v) is 12.6. The maximum Gasteiger partial charge on any atom is 0.354 e. The summed E-state index contributed by atoms with van der Waals surface area (Å²) in [6.45, 7) is 0. The minimum Gasteiger partial charge on any atom is -0.477 e. The van der Waals surface area contributed by atoms with Gasteiger partial charge >= 0.3 is 5.97 Å². The molecule has 3 aromatic heterocycles. The van der Waals surface area contributed by atoms with E-state index < -0.39 is 5.97 Å². The van der Waals surface area contributed by atoms with Crippen LogP contribution in [0, 0.1) is 5.92 Å². The Morgan fingerprint density at radius 3 is 2.58 bits per heavy atom. The van der Waals surface area contributed by atoms with Crippen LogP contribution in [0.3, 0.4) is 0 Å². The van der Waals surface area contributed by atoms with E-state index in [4.69, 9.17) is 28.6 Å². The number of imidazole rings is 1. The van der Waals surface area contributed by atoms with Crippen molar-refractivity contribution in [2.24, 2.45) is 5.92 Å². The summed E-state index contributed by atoms with van der Waals surface area (Å²) in [6.07, 6.45) is 7.01. The molecule has 0 saturated heterocycles. The first-order valence-electron chi connectivity index (χ1n) is 11.8. The Bertz CT molecular complexity index is 1400. The SMILES string of the molecule is O=C(O)c1ccc2nc(CC3CCC(Oc4ccnc(Cc5ccc(Cl)cc5)n4)CC3)n(C=S)c2n1. The Labute approximate surface area is 218 Å². The van der Waals surface area contributed by atoms with Gasteiger partial charge in [0, 0.05) is 30.1 Å². The zero-order valence-electron chi connectivity index (χ0n) is 19.4. The molecule has 4 aromatic rings. The highest BCUT2D eigenvalue weighted by molar-refractivity contribution is 7.78. The molecular weight excluding hydrogens is 498 g/mol. The molecule has 8 nitrogen and oxygen atoms in total. The molecule has 0 amide bonds. The van der Waals surface area contributed by atoms with E-state index in [1.807, 2.05) is 24.3 Å². The average Bonchev–Trinajstić information content (AvgIpc) is 3.23. The maximum absolute atomic E-state index is 11.3. The molecule has 184 valence electrons. The van der Waals surface area contributed by atoms with E-state index in [1.54, 1.807) is 22.9 Å². The number of pyridine rings is 1. The summed E-state index contributed by atoms with van der Waals surface area (Å²) in [5, 5.41) is 9.95.